The summed E-state index contributed by atoms with van der Waals surface area (Å²) in [7, 11) is -4.77. The van der Waals surface area contributed by atoms with Crippen molar-refractivity contribution in [2.45, 2.75) is 11.8 Å². The van der Waals surface area contributed by atoms with Crippen molar-refractivity contribution in [1.82, 2.24) is 0 Å². The van der Waals surface area contributed by atoms with Crippen LogP contribution in [0.15, 0.2) is 23.1 Å². The molecular formula is C8H7ClFNO3S. The third kappa shape index (κ3) is 3.17. The summed E-state index contributed by atoms with van der Waals surface area (Å²) in [6.07, 6.45) is 0. The molecule has 0 atom stereocenters. The van der Waals surface area contributed by atoms with Gasteiger partial charge in [-0.3, -0.25) is 4.79 Å². The zero-order chi connectivity index (χ0) is 11.6. The molecule has 0 aliphatic carbocycles. The maximum absolute atomic E-state index is 12.5. The van der Waals surface area contributed by atoms with Crippen LogP contribution in [-0.2, 0) is 15.0 Å². The Hall–Kier alpha value is -1.14. The number of anilines is 1. The van der Waals surface area contributed by atoms with Crippen LogP contribution >= 0.6 is 11.6 Å². The lowest BCUT2D eigenvalue weighted by atomic mass is 10.3. The number of nitrogens with one attached hydrogen (secondary N) is 1. The van der Waals surface area contributed by atoms with Gasteiger partial charge in [0.05, 0.1) is 10.7 Å². The standard InChI is InChI=1S/C8H7ClFNO3S/c1-5(12)11-8-3-2-6(4-7(8)9)15(10,13)14/h2-4H,1H3,(H,11,12). The van der Waals surface area contributed by atoms with Crippen molar-refractivity contribution in [3.8, 4) is 0 Å². The van der Waals surface area contributed by atoms with Gasteiger partial charge in [0, 0.05) is 6.92 Å². The highest BCUT2D eigenvalue weighted by Gasteiger charge is 2.13. The summed E-state index contributed by atoms with van der Waals surface area (Å²) < 4.78 is 33.5. The van der Waals surface area contributed by atoms with Crippen LogP contribution in [0.5, 0.6) is 0 Å². The molecule has 0 heterocycles. The first-order valence-electron chi connectivity index (χ1n) is 3.82. The molecule has 15 heavy (non-hydrogen) atoms. The van der Waals surface area contributed by atoms with Gasteiger partial charge in [0.2, 0.25) is 5.91 Å². The zero-order valence-electron chi connectivity index (χ0n) is 7.62. The van der Waals surface area contributed by atoms with Crippen molar-refractivity contribution in [3.63, 3.8) is 0 Å². The molecule has 0 saturated heterocycles. The van der Waals surface area contributed by atoms with E-state index in [4.69, 9.17) is 11.6 Å². The van der Waals surface area contributed by atoms with E-state index in [1.54, 1.807) is 0 Å². The van der Waals surface area contributed by atoms with Crippen molar-refractivity contribution >= 4 is 33.4 Å². The van der Waals surface area contributed by atoms with Gasteiger partial charge in [0.15, 0.2) is 0 Å². The largest absolute Gasteiger partial charge is 0.332 e. The van der Waals surface area contributed by atoms with Gasteiger partial charge in [-0.05, 0) is 18.2 Å². The first kappa shape index (κ1) is 11.9. The third-order valence-corrected chi connectivity index (χ3v) is 2.66. The average molecular weight is 252 g/mol. The highest BCUT2D eigenvalue weighted by atomic mass is 35.5. The highest BCUT2D eigenvalue weighted by molar-refractivity contribution is 7.86. The van der Waals surface area contributed by atoms with Gasteiger partial charge in [-0.25, -0.2) is 0 Å². The van der Waals surface area contributed by atoms with Crippen LogP contribution in [0.3, 0.4) is 0 Å². The molecular weight excluding hydrogens is 245 g/mol. The number of hydrogen-bond acceptors (Lipinski definition) is 3. The Kier molecular flexibility index (Phi) is 3.31. The molecule has 1 N–H and O–H groups in total. The molecule has 1 amide bonds. The average Bonchev–Trinajstić information content (AvgIpc) is 2.05. The lowest BCUT2D eigenvalue weighted by Gasteiger charge is -2.05. The van der Waals surface area contributed by atoms with Crippen molar-refractivity contribution < 1.29 is 17.1 Å². The van der Waals surface area contributed by atoms with Gasteiger partial charge in [-0.15, -0.1) is 3.89 Å². The highest BCUT2D eigenvalue weighted by Crippen LogP contribution is 2.25. The van der Waals surface area contributed by atoms with E-state index in [1.807, 2.05) is 0 Å². The Morgan fingerprint density at radius 2 is 2.07 bits per heavy atom. The molecule has 0 radical (unpaired) electrons. The number of hydrogen-bond donors (Lipinski definition) is 1. The van der Waals surface area contributed by atoms with Crippen LogP contribution in [0.25, 0.3) is 0 Å². The van der Waals surface area contributed by atoms with E-state index in [2.05, 4.69) is 5.32 Å². The molecule has 0 unspecified atom stereocenters. The Bertz CT molecular complexity index is 501. The number of carbonyl (C=O) groups is 1. The summed E-state index contributed by atoms with van der Waals surface area (Å²) in [6, 6.07) is 3.17. The monoisotopic (exact) mass is 251 g/mol. The predicted molar refractivity (Wildman–Crippen MR) is 54.0 cm³/mol. The third-order valence-electron chi connectivity index (χ3n) is 1.53. The lowest BCUT2D eigenvalue weighted by Crippen LogP contribution is -2.06. The number of rotatable bonds is 2. The quantitative estimate of drug-likeness (QED) is 0.818. The molecule has 4 nitrogen and oxygen atoms in total. The number of amides is 1. The molecule has 0 saturated carbocycles. The van der Waals surface area contributed by atoms with Crippen LogP contribution in [-0.4, -0.2) is 14.3 Å². The summed E-state index contributed by atoms with van der Waals surface area (Å²) in [5.41, 5.74) is 0.233. The number of benzene rings is 1. The summed E-state index contributed by atoms with van der Waals surface area (Å²) >= 11 is 5.63. The van der Waals surface area contributed by atoms with Gasteiger partial charge in [0.25, 0.3) is 0 Å². The second-order valence-corrected chi connectivity index (χ2v) is 4.51. The van der Waals surface area contributed by atoms with Crippen LogP contribution < -0.4 is 5.32 Å². The van der Waals surface area contributed by atoms with Crippen molar-refractivity contribution in [3.05, 3.63) is 23.2 Å². The molecule has 0 aliphatic rings. The van der Waals surface area contributed by atoms with Gasteiger partial charge >= 0.3 is 10.2 Å². The summed E-state index contributed by atoms with van der Waals surface area (Å²) in [6.45, 7) is 1.27. The van der Waals surface area contributed by atoms with Crippen molar-refractivity contribution in [2.75, 3.05) is 5.32 Å². The first-order chi connectivity index (χ1) is 6.80. The molecule has 1 aromatic rings. The summed E-state index contributed by atoms with van der Waals surface area (Å²) in [5.74, 6) is -0.354. The number of carbonyl (C=O) groups excluding carboxylic acids is 1. The molecule has 1 aromatic carbocycles. The van der Waals surface area contributed by atoms with E-state index < -0.39 is 15.1 Å². The maximum Gasteiger partial charge on any atom is 0.332 e. The molecule has 82 valence electrons. The maximum atomic E-state index is 12.5. The second kappa shape index (κ2) is 4.16. The van der Waals surface area contributed by atoms with E-state index in [9.17, 15) is 17.1 Å². The smallest absolute Gasteiger partial charge is 0.325 e. The number of halogens is 2. The Labute approximate surface area is 91.3 Å². The Morgan fingerprint density at radius 3 is 2.47 bits per heavy atom. The van der Waals surface area contributed by atoms with Crippen LogP contribution in [0.4, 0.5) is 9.57 Å². The molecule has 0 aromatic heterocycles. The van der Waals surface area contributed by atoms with Crippen LogP contribution in [0, 0.1) is 0 Å². The van der Waals surface area contributed by atoms with Gasteiger partial charge in [0.1, 0.15) is 4.90 Å². The summed E-state index contributed by atoms with van der Waals surface area (Å²) in [4.78, 5) is 10.1. The minimum atomic E-state index is -4.77. The second-order valence-electron chi connectivity index (χ2n) is 2.76. The molecule has 0 fully saturated rings. The SMILES string of the molecule is CC(=O)Nc1ccc(S(=O)(=O)F)cc1Cl. The van der Waals surface area contributed by atoms with Crippen molar-refractivity contribution in [1.29, 1.82) is 0 Å². The van der Waals surface area contributed by atoms with E-state index in [-0.39, 0.29) is 16.6 Å². The minimum absolute atomic E-state index is 0.0380. The summed E-state index contributed by atoms with van der Waals surface area (Å²) in [5, 5.41) is 2.33. The van der Waals surface area contributed by atoms with Crippen LogP contribution in [0.2, 0.25) is 5.02 Å². The van der Waals surface area contributed by atoms with E-state index in [0.717, 1.165) is 12.1 Å². The predicted octanol–water partition coefficient (Wildman–Crippen LogP) is 1.96. The minimum Gasteiger partial charge on any atom is -0.325 e. The zero-order valence-corrected chi connectivity index (χ0v) is 9.19. The topological polar surface area (TPSA) is 63.2 Å². The van der Waals surface area contributed by atoms with E-state index in [0.29, 0.717) is 0 Å². The van der Waals surface area contributed by atoms with Crippen molar-refractivity contribution in [2.24, 2.45) is 0 Å². The fourth-order valence-electron chi connectivity index (χ4n) is 0.939. The van der Waals surface area contributed by atoms with E-state index in [1.165, 1.54) is 13.0 Å². The Balaban J connectivity index is 3.15. The fraction of sp³-hybridized carbons (Fsp3) is 0.125. The lowest BCUT2D eigenvalue weighted by molar-refractivity contribution is -0.114. The molecule has 0 aliphatic heterocycles. The normalized spacial score (nSPS) is 11.1. The molecule has 0 bridgehead atoms. The van der Waals surface area contributed by atoms with Crippen LogP contribution in [0.1, 0.15) is 6.92 Å². The van der Waals surface area contributed by atoms with E-state index >= 15 is 0 Å². The molecule has 0 spiro atoms. The van der Waals surface area contributed by atoms with Gasteiger partial charge in [-0.2, -0.15) is 8.42 Å². The Morgan fingerprint density at radius 1 is 1.47 bits per heavy atom. The molecule has 1 rings (SSSR count). The fourth-order valence-corrected chi connectivity index (χ4v) is 1.72. The molecule has 7 heteroatoms. The van der Waals surface area contributed by atoms with Gasteiger partial charge in [-0.1, -0.05) is 11.6 Å². The first-order valence-corrected chi connectivity index (χ1v) is 5.58. The van der Waals surface area contributed by atoms with Gasteiger partial charge < -0.3 is 5.32 Å².